The van der Waals surface area contributed by atoms with Gasteiger partial charge in [-0.1, -0.05) is 60.7 Å². The van der Waals surface area contributed by atoms with Crippen molar-refractivity contribution in [3.63, 3.8) is 0 Å². The van der Waals surface area contributed by atoms with E-state index in [-0.39, 0.29) is 12.5 Å². The number of ether oxygens (including phenoxy) is 1. The molecule has 0 spiro atoms. The Labute approximate surface area is 155 Å². The van der Waals surface area contributed by atoms with Crippen LogP contribution in [-0.4, -0.2) is 30.5 Å². The van der Waals surface area contributed by atoms with E-state index in [4.69, 9.17) is 6.15 Å². The third kappa shape index (κ3) is 5.17. The highest BCUT2D eigenvalue weighted by Crippen LogP contribution is 2.10. The van der Waals surface area contributed by atoms with Crippen LogP contribution in [0.15, 0.2) is 60.7 Å². The molecule has 1 saturated heterocycles. The lowest BCUT2D eigenvalue weighted by Crippen LogP contribution is -2.49. The van der Waals surface area contributed by atoms with Crippen molar-refractivity contribution in [2.75, 3.05) is 6.54 Å². The molecule has 1 aliphatic heterocycles. The summed E-state index contributed by atoms with van der Waals surface area (Å²) in [7, 11) is 0. The van der Waals surface area contributed by atoms with Gasteiger partial charge in [0.1, 0.15) is 14.1 Å². The van der Waals surface area contributed by atoms with Gasteiger partial charge in [-0.15, -0.1) is 0 Å². The third-order valence-electron chi connectivity index (χ3n) is 4.40. The fourth-order valence-corrected chi connectivity index (χ4v) is 2.98. The maximum absolute atomic E-state index is 12.7. The fraction of sp³-hybridized carbons (Fsp3) is 0.333. The summed E-state index contributed by atoms with van der Waals surface area (Å²) >= 11 is 0. The van der Waals surface area contributed by atoms with Gasteiger partial charge in [0.2, 0.25) is 5.91 Å². The molecule has 2 aromatic rings. The van der Waals surface area contributed by atoms with Crippen molar-refractivity contribution in [2.45, 2.75) is 38.0 Å². The second-order valence-corrected chi connectivity index (χ2v) is 6.41. The van der Waals surface area contributed by atoms with Crippen molar-refractivity contribution in [1.29, 1.82) is 0 Å². The van der Waals surface area contributed by atoms with Crippen LogP contribution in [-0.2, 0) is 27.4 Å². The van der Waals surface area contributed by atoms with E-state index in [1.807, 2.05) is 60.7 Å². The molecule has 1 heterocycles. The van der Waals surface area contributed by atoms with E-state index in [1.165, 1.54) is 5.31 Å². The molecule has 136 valence electrons. The summed E-state index contributed by atoms with van der Waals surface area (Å²) in [6.45, 7) is 0.731. The Bertz CT molecular complexity index is 755. The largest absolute Gasteiger partial charge is 0.459 e. The molecule has 2 aromatic carbocycles. The highest BCUT2D eigenvalue weighted by Gasteiger charge is 2.28. The Morgan fingerprint density at radius 3 is 2.38 bits per heavy atom. The van der Waals surface area contributed by atoms with Crippen LogP contribution in [0.4, 0.5) is 0 Å². The van der Waals surface area contributed by atoms with Gasteiger partial charge in [0, 0.05) is 6.42 Å². The van der Waals surface area contributed by atoms with E-state index in [1.54, 1.807) is 0 Å². The maximum Gasteiger partial charge on any atom is 0.329 e. The SMILES string of the molecule is [2H]N1CCC[C@H]1C(=O)N[C@@H](Cc1ccccc1)C(=O)OCc1ccccc1. The summed E-state index contributed by atoms with van der Waals surface area (Å²) in [6.07, 6.45) is 1.79. The van der Waals surface area contributed by atoms with Crippen LogP contribution >= 0.6 is 0 Å². The van der Waals surface area contributed by atoms with E-state index in [0.29, 0.717) is 19.4 Å². The van der Waals surface area contributed by atoms with Crippen LogP contribution in [0.2, 0.25) is 1.41 Å². The second kappa shape index (κ2) is 9.15. The van der Waals surface area contributed by atoms with Crippen molar-refractivity contribution in [3.05, 3.63) is 71.8 Å². The molecule has 2 N–H and O–H groups in total. The smallest absolute Gasteiger partial charge is 0.329 e. The molecule has 0 saturated carbocycles. The van der Waals surface area contributed by atoms with Crippen LogP contribution in [0.5, 0.6) is 0 Å². The van der Waals surface area contributed by atoms with Gasteiger partial charge in [-0.25, -0.2) is 4.79 Å². The molecule has 0 aliphatic carbocycles. The summed E-state index contributed by atoms with van der Waals surface area (Å²) < 4.78 is 13.3. The highest BCUT2D eigenvalue weighted by molar-refractivity contribution is 5.87. The van der Waals surface area contributed by atoms with Crippen molar-refractivity contribution in [2.24, 2.45) is 0 Å². The van der Waals surface area contributed by atoms with Crippen molar-refractivity contribution in [3.8, 4) is 0 Å². The first-order valence-electron chi connectivity index (χ1n) is 9.38. The lowest BCUT2D eigenvalue weighted by molar-refractivity contribution is -0.149. The van der Waals surface area contributed by atoms with E-state index in [2.05, 4.69) is 5.32 Å². The first kappa shape index (κ1) is 16.8. The fourth-order valence-electron chi connectivity index (χ4n) is 2.98. The minimum Gasteiger partial charge on any atom is -0.459 e. The van der Waals surface area contributed by atoms with Crippen LogP contribution in [0.1, 0.15) is 24.0 Å². The van der Waals surface area contributed by atoms with Gasteiger partial charge < -0.3 is 15.4 Å². The molecule has 0 aromatic heterocycles. The van der Waals surface area contributed by atoms with Gasteiger partial charge >= 0.3 is 5.97 Å². The number of amides is 1. The molecule has 26 heavy (non-hydrogen) atoms. The van der Waals surface area contributed by atoms with Crippen LogP contribution in [0.3, 0.4) is 0 Å². The highest BCUT2D eigenvalue weighted by atomic mass is 16.5. The number of rotatable bonds is 7. The minimum absolute atomic E-state index is 0.162. The molecule has 1 amide bonds. The molecular formula is C21H24N2O3. The van der Waals surface area contributed by atoms with Gasteiger partial charge in [0.25, 0.3) is 0 Å². The topological polar surface area (TPSA) is 67.4 Å². The Morgan fingerprint density at radius 2 is 1.77 bits per heavy atom. The Morgan fingerprint density at radius 1 is 1.12 bits per heavy atom. The molecule has 0 unspecified atom stereocenters. The van der Waals surface area contributed by atoms with Gasteiger partial charge in [-0.05, 0) is 30.5 Å². The second-order valence-electron chi connectivity index (χ2n) is 6.41. The first-order chi connectivity index (χ1) is 13.1. The number of benzene rings is 2. The minimum atomic E-state index is -0.780. The number of carbonyl (C=O) groups is 2. The zero-order valence-corrected chi connectivity index (χ0v) is 14.6. The molecule has 5 heteroatoms. The zero-order valence-electron chi connectivity index (χ0n) is 15.6. The average Bonchev–Trinajstić information content (AvgIpc) is 3.13. The standard InChI is InChI=1S/C21H24N2O3/c24-20(18-12-7-13-22-18)23-19(14-16-8-3-1-4-9-16)21(25)26-15-17-10-5-2-6-11-17/h1-6,8-11,18-19,22H,7,12-15H2,(H,23,24)/t18-,19-/m0/s1/i/hD. The Balaban J connectivity index is 1.66. The van der Waals surface area contributed by atoms with Gasteiger partial charge in [0.05, 0.1) is 6.04 Å². The van der Waals surface area contributed by atoms with Gasteiger partial charge in [-0.2, -0.15) is 0 Å². The predicted molar refractivity (Wildman–Crippen MR) is 99.3 cm³/mol. The lowest BCUT2D eigenvalue weighted by atomic mass is 10.1. The quantitative estimate of drug-likeness (QED) is 0.749. The first-order valence-corrected chi connectivity index (χ1v) is 8.94. The van der Waals surface area contributed by atoms with Crippen molar-refractivity contribution >= 4 is 11.9 Å². The molecule has 1 fully saturated rings. The Kier molecular flexibility index (Phi) is 5.91. The van der Waals surface area contributed by atoms with Crippen LogP contribution in [0.25, 0.3) is 0 Å². The van der Waals surface area contributed by atoms with Crippen LogP contribution in [0, 0.1) is 0 Å². The van der Waals surface area contributed by atoms with Crippen molar-refractivity contribution in [1.82, 2.24) is 10.6 Å². The number of esters is 1. The lowest BCUT2D eigenvalue weighted by Gasteiger charge is -2.20. The normalized spacial score (nSPS) is 18.8. The van der Waals surface area contributed by atoms with Gasteiger partial charge in [0.15, 0.2) is 0 Å². The van der Waals surface area contributed by atoms with Crippen molar-refractivity contribution < 1.29 is 15.7 Å². The number of hydrogen-bond donors (Lipinski definition) is 2. The maximum atomic E-state index is 12.7. The molecule has 2 atom stereocenters. The summed E-state index contributed by atoms with van der Waals surface area (Å²) in [6, 6.07) is 17.7. The molecule has 1 aliphatic rings. The summed E-state index contributed by atoms with van der Waals surface area (Å²) in [5.74, 6) is -0.759. The Hall–Kier alpha value is -2.66. The van der Waals surface area contributed by atoms with E-state index < -0.39 is 18.1 Å². The predicted octanol–water partition coefficient (Wildman–Crippen LogP) is 2.21. The summed E-state index contributed by atoms with van der Waals surface area (Å²) in [5.41, 5.74) is 1.83. The molecule has 3 rings (SSSR count). The number of nitrogens with one attached hydrogen (secondary N) is 2. The number of hydrogen-bond acceptors (Lipinski definition) is 4. The summed E-state index contributed by atoms with van der Waals surface area (Å²) in [4.78, 5) is 25.2. The van der Waals surface area contributed by atoms with E-state index in [9.17, 15) is 9.59 Å². The zero-order chi connectivity index (χ0) is 19.1. The van der Waals surface area contributed by atoms with E-state index in [0.717, 1.165) is 17.5 Å². The van der Waals surface area contributed by atoms with E-state index >= 15 is 0 Å². The molecule has 0 radical (unpaired) electrons. The number of carbonyl (C=O) groups excluding carboxylic acids is 2. The third-order valence-corrected chi connectivity index (χ3v) is 4.40. The monoisotopic (exact) mass is 353 g/mol. The molecule has 0 bridgehead atoms. The molecule has 5 nitrogen and oxygen atoms in total. The average molecular weight is 353 g/mol. The van der Waals surface area contributed by atoms with Crippen LogP contribution < -0.4 is 10.6 Å². The molecular weight excluding hydrogens is 328 g/mol. The summed E-state index contributed by atoms with van der Waals surface area (Å²) in [5, 5.41) is 4.08. The van der Waals surface area contributed by atoms with Gasteiger partial charge in [-0.3, -0.25) is 4.79 Å².